The third-order valence-electron chi connectivity index (χ3n) is 3.70. The molecule has 1 atom stereocenters. The van der Waals surface area contributed by atoms with Gasteiger partial charge in [-0.3, -0.25) is 9.69 Å². The molecule has 2 aromatic rings. The Morgan fingerprint density at radius 2 is 2.13 bits per heavy atom. The lowest BCUT2D eigenvalue weighted by molar-refractivity contribution is -0.141. The average molecular weight is 325 g/mol. The fraction of sp³-hybridized carbons (Fsp3) is 0.0625. The number of nitrogens with zero attached hydrogens (tertiary/aromatic N) is 2. The number of carboxylic acid groups (broad SMARTS) is 1. The predicted molar refractivity (Wildman–Crippen MR) is 85.9 cm³/mol. The lowest BCUT2D eigenvalue weighted by Crippen LogP contribution is -2.51. The number of hydrogen-bond acceptors (Lipinski definition) is 4. The van der Waals surface area contributed by atoms with Crippen LogP contribution in [0.3, 0.4) is 0 Å². The number of rotatable bonds is 3. The number of aromatic nitrogens is 2. The molecule has 1 fully saturated rings. The molecular formula is C16H11N3O3S. The number of aliphatic carboxylic acids is 1. The first kappa shape index (κ1) is 13.8. The fourth-order valence-electron chi connectivity index (χ4n) is 2.58. The normalized spacial score (nSPS) is 21.1. The highest BCUT2D eigenvalue weighted by atomic mass is 32.2. The van der Waals surface area contributed by atoms with Crippen molar-refractivity contribution >= 4 is 29.7 Å². The third-order valence-corrected chi connectivity index (χ3v) is 4.78. The summed E-state index contributed by atoms with van der Waals surface area (Å²) in [5.74, 6) is -0.638. The van der Waals surface area contributed by atoms with Crippen molar-refractivity contribution in [2.24, 2.45) is 0 Å². The quantitative estimate of drug-likeness (QED) is 0.668. The van der Waals surface area contributed by atoms with Crippen molar-refractivity contribution in [1.29, 1.82) is 0 Å². The summed E-state index contributed by atoms with van der Waals surface area (Å²) in [6.07, 6.45) is 3.44. The minimum atomic E-state index is -1.08. The van der Waals surface area contributed by atoms with Crippen molar-refractivity contribution in [3.05, 3.63) is 58.9 Å². The van der Waals surface area contributed by atoms with Crippen LogP contribution < -0.4 is 0 Å². The Balaban J connectivity index is 1.58. The minimum Gasteiger partial charge on any atom is -0.477 e. The van der Waals surface area contributed by atoms with E-state index in [0.717, 1.165) is 11.4 Å². The fourth-order valence-corrected chi connectivity index (χ4v) is 3.70. The molecule has 1 saturated heterocycles. The van der Waals surface area contributed by atoms with Gasteiger partial charge in [-0.1, -0.05) is 30.3 Å². The number of amides is 1. The van der Waals surface area contributed by atoms with Gasteiger partial charge in [-0.15, -0.1) is 11.8 Å². The maximum atomic E-state index is 12.1. The minimum absolute atomic E-state index is 0.0363. The molecule has 0 bridgehead atoms. The number of imidazole rings is 1. The van der Waals surface area contributed by atoms with Gasteiger partial charge in [-0.05, 0) is 6.08 Å². The summed E-state index contributed by atoms with van der Waals surface area (Å²) in [5.41, 5.74) is 2.21. The summed E-state index contributed by atoms with van der Waals surface area (Å²) in [6.45, 7) is 0. The number of carbonyl (C=O) groups is 2. The monoisotopic (exact) mass is 325 g/mol. The highest BCUT2D eigenvalue weighted by Crippen LogP contribution is 2.45. The lowest BCUT2D eigenvalue weighted by atomic mass is 10.0. The number of nitrogens with one attached hydrogen (secondary N) is 1. The van der Waals surface area contributed by atoms with Crippen molar-refractivity contribution in [3.63, 3.8) is 0 Å². The molecule has 1 amide bonds. The van der Waals surface area contributed by atoms with E-state index in [-0.39, 0.29) is 17.0 Å². The first-order valence-corrected chi connectivity index (χ1v) is 7.84. The molecule has 0 saturated carbocycles. The Hall–Kier alpha value is -2.80. The number of benzene rings is 1. The molecule has 114 valence electrons. The number of β-lactam (4-membered cyclic amide) rings is 1. The summed E-state index contributed by atoms with van der Waals surface area (Å²) in [7, 11) is 0. The van der Waals surface area contributed by atoms with Crippen molar-refractivity contribution in [1.82, 2.24) is 14.9 Å². The van der Waals surface area contributed by atoms with E-state index < -0.39 is 5.97 Å². The predicted octanol–water partition coefficient (Wildman–Crippen LogP) is 2.30. The average Bonchev–Trinajstić information content (AvgIpc) is 3.18. The first-order chi connectivity index (χ1) is 11.1. The topological polar surface area (TPSA) is 86.3 Å². The zero-order valence-corrected chi connectivity index (χ0v) is 12.6. The number of aromatic amines is 1. The molecule has 0 spiro atoms. The molecule has 23 heavy (non-hydrogen) atoms. The van der Waals surface area contributed by atoms with E-state index >= 15 is 0 Å². The molecule has 1 aromatic carbocycles. The van der Waals surface area contributed by atoms with Gasteiger partial charge in [0.05, 0.1) is 11.3 Å². The van der Waals surface area contributed by atoms with Crippen LogP contribution in [-0.4, -0.2) is 37.2 Å². The second-order valence-corrected chi connectivity index (χ2v) is 6.07. The number of hydrogen-bond donors (Lipinski definition) is 2. The van der Waals surface area contributed by atoms with Crippen LogP contribution in [0.4, 0.5) is 0 Å². The van der Waals surface area contributed by atoms with Crippen LogP contribution in [0, 0.1) is 0 Å². The zero-order valence-electron chi connectivity index (χ0n) is 11.8. The van der Waals surface area contributed by atoms with Crippen LogP contribution in [-0.2, 0) is 9.59 Å². The number of fused-ring (bicyclic) bond motifs is 1. The first-order valence-electron chi connectivity index (χ1n) is 6.90. The van der Waals surface area contributed by atoms with E-state index in [0.29, 0.717) is 11.3 Å². The number of H-pyrrole nitrogens is 1. The Kier molecular flexibility index (Phi) is 3.09. The van der Waals surface area contributed by atoms with Crippen LogP contribution in [0.25, 0.3) is 17.5 Å². The van der Waals surface area contributed by atoms with E-state index in [1.54, 1.807) is 12.3 Å². The Labute approximate surface area is 135 Å². The molecule has 7 heteroatoms. The van der Waals surface area contributed by atoms with Gasteiger partial charge in [0, 0.05) is 17.2 Å². The Morgan fingerprint density at radius 3 is 2.87 bits per heavy atom. The van der Waals surface area contributed by atoms with Crippen LogP contribution in [0.2, 0.25) is 0 Å². The summed E-state index contributed by atoms with van der Waals surface area (Å²) < 4.78 is 0. The smallest absolute Gasteiger partial charge is 0.353 e. The second-order valence-electron chi connectivity index (χ2n) is 5.11. The number of carboxylic acids is 1. The molecule has 0 aliphatic carbocycles. The van der Waals surface area contributed by atoms with Crippen LogP contribution in [0.15, 0.2) is 53.2 Å². The van der Waals surface area contributed by atoms with Crippen molar-refractivity contribution < 1.29 is 14.7 Å². The van der Waals surface area contributed by atoms with Crippen LogP contribution >= 0.6 is 11.8 Å². The van der Waals surface area contributed by atoms with Gasteiger partial charge in [0.2, 0.25) is 0 Å². The molecule has 6 nitrogen and oxygen atoms in total. The van der Waals surface area contributed by atoms with E-state index in [9.17, 15) is 9.59 Å². The maximum absolute atomic E-state index is 12.1. The molecule has 1 unspecified atom stereocenters. The third kappa shape index (κ3) is 2.17. The number of carbonyl (C=O) groups excluding carboxylic acids is 1. The Morgan fingerprint density at radius 1 is 1.35 bits per heavy atom. The largest absolute Gasteiger partial charge is 0.477 e. The zero-order chi connectivity index (χ0) is 16.0. The van der Waals surface area contributed by atoms with E-state index in [2.05, 4.69) is 9.97 Å². The summed E-state index contributed by atoms with van der Waals surface area (Å²) in [6, 6.07) is 9.68. The van der Waals surface area contributed by atoms with Crippen LogP contribution in [0.1, 0.15) is 5.69 Å². The van der Waals surface area contributed by atoms with Gasteiger partial charge < -0.3 is 10.1 Å². The van der Waals surface area contributed by atoms with Gasteiger partial charge in [0.1, 0.15) is 16.9 Å². The van der Waals surface area contributed by atoms with Crippen molar-refractivity contribution in [2.75, 3.05) is 0 Å². The van der Waals surface area contributed by atoms with Gasteiger partial charge in [-0.25, -0.2) is 9.78 Å². The molecule has 2 N–H and O–H groups in total. The molecule has 3 heterocycles. The highest BCUT2D eigenvalue weighted by molar-refractivity contribution is 8.03. The van der Waals surface area contributed by atoms with Crippen LogP contribution in [0.5, 0.6) is 0 Å². The molecule has 0 radical (unpaired) electrons. The highest BCUT2D eigenvalue weighted by Gasteiger charge is 2.49. The standard InChI is InChI=1S/C16H11N3O3S/c20-14-11(15-19(14)12(8-23-15)16(21)22)6-10-7-17-13(18-10)9-4-2-1-3-5-9/h1-8,15H,(H,17,18)(H,21,22)/b11-6-. The van der Waals surface area contributed by atoms with Gasteiger partial charge in [0.25, 0.3) is 5.91 Å². The van der Waals surface area contributed by atoms with E-state index in [1.165, 1.54) is 22.1 Å². The molecular weight excluding hydrogens is 314 g/mol. The summed E-state index contributed by atoms with van der Waals surface area (Å²) >= 11 is 1.32. The SMILES string of the molecule is O=C(O)C1=CSC2/C(=C\c3c[nH]c(-c4ccccc4)n3)C(=O)N12. The lowest BCUT2D eigenvalue weighted by Gasteiger charge is -2.36. The van der Waals surface area contributed by atoms with Gasteiger partial charge in [0.15, 0.2) is 0 Å². The molecule has 1 aromatic heterocycles. The van der Waals surface area contributed by atoms with Crippen molar-refractivity contribution in [3.8, 4) is 11.4 Å². The van der Waals surface area contributed by atoms with E-state index in [1.807, 2.05) is 30.3 Å². The molecule has 4 rings (SSSR count). The summed E-state index contributed by atoms with van der Waals surface area (Å²) in [5, 5.41) is 10.3. The summed E-state index contributed by atoms with van der Waals surface area (Å²) in [4.78, 5) is 32.0. The maximum Gasteiger partial charge on any atom is 0.353 e. The van der Waals surface area contributed by atoms with Crippen molar-refractivity contribution in [2.45, 2.75) is 5.37 Å². The Bertz CT molecular complexity index is 870. The molecule has 2 aliphatic heterocycles. The number of thioether (sulfide) groups is 1. The molecule has 2 aliphatic rings. The second kappa shape index (κ2) is 5.13. The van der Waals surface area contributed by atoms with Gasteiger partial charge >= 0.3 is 5.97 Å². The van der Waals surface area contributed by atoms with E-state index in [4.69, 9.17) is 5.11 Å². The van der Waals surface area contributed by atoms with Gasteiger partial charge in [-0.2, -0.15) is 0 Å².